The van der Waals surface area contributed by atoms with Crippen molar-refractivity contribution in [2.75, 3.05) is 19.5 Å². The number of nitrogens with two attached hydrogens (primary N) is 1. The molecule has 13 heteroatoms. The lowest BCUT2D eigenvalue weighted by Gasteiger charge is -2.23. The van der Waals surface area contributed by atoms with E-state index in [2.05, 4.69) is 20.0 Å². The van der Waals surface area contributed by atoms with Crippen molar-refractivity contribution >= 4 is 30.8 Å². The molecule has 1 fully saturated rings. The number of fused-ring (bicyclic) bond motifs is 1. The van der Waals surface area contributed by atoms with Crippen LogP contribution in [0, 0.1) is 5.92 Å². The van der Waals surface area contributed by atoms with Gasteiger partial charge in [-0.25, -0.2) is 9.55 Å². The molecule has 1 aromatic carbocycles. The second-order valence-electron chi connectivity index (χ2n) is 8.18. The predicted molar refractivity (Wildman–Crippen MR) is 124 cm³/mol. The molecule has 0 aliphatic heterocycles. The summed E-state index contributed by atoms with van der Waals surface area (Å²) in [5, 5.41) is 2.65. The van der Waals surface area contributed by atoms with Crippen molar-refractivity contribution in [1.82, 2.24) is 24.6 Å². The molecule has 4 rings (SSSR count). The number of methoxy groups -OCH3 is 1. The van der Waals surface area contributed by atoms with Crippen molar-refractivity contribution in [1.29, 1.82) is 0 Å². The van der Waals surface area contributed by atoms with Gasteiger partial charge in [-0.1, -0.05) is 18.2 Å². The molecule has 4 N–H and O–H groups in total. The first-order chi connectivity index (χ1) is 16.3. The van der Waals surface area contributed by atoms with E-state index in [4.69, 9.17) is 19.5 Å². The third kappa shape index (κ3) is 5.30. The first kappa shape index (κ1) is 23.9. The van der Waals surface area contributed by atoms with Crippen molar-refractivity contribution in [3.63, 3.8) is 0 Å². The van der Waals surface area contributed by atoms with Crippen LogP contribution in [0.5, 0.6) is 5.75 Å². The average molecular weight is 490 g/mol. The summed E-state index contributed by atoms with van der Waals surface area (Å²) in [6.45, 7) is 1.66. The summed E-state index contributed by atoms with van der Waals surface area (Å²) in [6, 6.07) is 7.72. The SMILES string of the molecule is COC(=O)C(C)NP(=O)(OCC1CCC(n2cnc3c(=O)[nH]c(N)nc32)C1)Oc1ccccc1. The number of nitrogens with zero attached hydrogens (tertiary/aromatic N) is 3. The van der Waals surface area contributed by atoms with Gasteiger partial charge in [0.2, 0.25) is 5.95 Å². The number of carbonyl (C=O) groups is 1. The number of hydrogen-bond acceptors (Lipinski definition) is 9. The number of carbonyl (C=O) groups excluding carboxylic acids is 1. The number of H-pyrrole nitrogens is 1. The number of hydrogen-bond donors (Lipinski definition) is 3. The van der Waals surface area contributed by atoms with Crippen LogP contribution in [-0.2, 0) is 18.6 Å². The molecule has 1 aliphatic carbocycles. The van der Waals surface area contributed by atoms with Gasteiger partial charge in [-0.3, -0.25) is 19.1 Å². The molecule has 1 saturated carbocycles. The number of aromatic amines is 1. The first-order valence-corrected chi connectivity index (χ1v) is 12.4. The topological polar surface area (TPSA) is 163 Å². The van der Waals surface area contributed by atoms with E-state index in [1.165, 1.54) is 14.0 Å². The molecule has 2 aromatic heterocycles. The van der Waals surface area contributed by atoms with E-state index in [0.717, 1.165) is 12.8 Å². The number of imidazole rings is 1. The lowest BCUT2D eigenvalue weighted by molar-refractivity contribution is -0.142. The van der Waals surface area contributed by atoms with Gasteiger partial charge >= 0.3 is 13.7 Å². The maximum absolute atomic E-state index is 13.5. The zero-order chi connectivity index (χ0) is 24.3. The summed E-state index contributed by atoms with van der Waals surface area (Å²) in [4.78, 5) is 34.8. The van der Waals surface area contributed by atoms with Crippen molar-refractivity contribution in [3.05, 3.63) is 47.0 Å². The molecule has 1 aliphatic rings. The van der Waals surface area contributed by atoms with Gasteiger partial charge in [-0.2, -0.15) is 10.1 Å². The number of benzene rings is 1. The van der Waals surface area contributed by atoms with E-state index in [-0.39, 0.29) is 35.6 Å². The number of nitrogen functional groups attached to an aromatic ring is 1. The van der Waals surface area contributed by atoms with Gasteiger partial charge < -0.3 is 19.6 Å². The number of para-hydroxylation sites is 1. The van der Waals surface area contributed by atoms with Crippen LogP contribution in [0.1, 0.15) is 32.2 Å². The monoisotopic (exact) mass is 490 g/mol. The molecule has 0 bridgehead atoms. The van der Waals surface area contributed by atoms with E-state index < -0.39 is 19.8 Å². The van der Waals surface area contributed by atoms with E-state index in [1.54, 1.807) is 36.7 Å². The van der Waals surface area contributed by atoms with Gasteiger partial charge in [-0.05, 0) is 44.2 Å². The van der Waals surface area contributed by atoms with Crippen LogP contribution in [0.3, 0.4) is 0 Å². The average Bonchev–Trinajstić information content (AvgIpc) is 3.44. The van der Waals surface area contributed by atoms with Crippen molar-refractivity contribution in [3.8, 4) is 5.75 Å². The van der Waals surface area contributed by atoms with Gasteiger partial charge in [0, 0.05) is 6.04 Å². The maximum Gasteiger partial charge on any atom is 0.459 e. The molecular formula is C21H27N6O6P. The maximum atomic E-state index is 13.5. The Hall–Kier alpha value is -3.21. The van der Waals surface area contributed by atoms with Gasteiger partial charge in [0.05, 0.1) is 20.0 Å². The fourth-order valence-corrected chi connectivity index (χ4v) is 5.61. The number of esters is 1. The van der Waals surface area contributed by atoms with E-state index >= 15 is 0 Å². The quantitative estimate of drug-likeness (QED) is 0.300. The summed E-state index contributed by atoms with van der Waals surface area (Å²) in [6.07, 6.45) is 3.87. The predicted octanol–water partition coefficient (Wildman–Crippen LogP) is 2.40. The minimum absolute atomic E-state index is 0.0296. The van der Waals surface area contributed by atoms with Crippen LogP contribution in [-0.4, -0.2) is 45.2 Å². The zero-order valence-electron chi connectivity index (χ0n) is 18.8. The molecule has 0 radical (unpaired) electrons. The van der Waals surface area contributed by atoms with E-state index in [0.29, 0.717) is 17.8 Å². The highest BCUT2D eigenvalue weighted by Gasteiger charge is 2.35. The second kappa shape index (κ2) is 9.96. The van der Waals surface area contributed by atoms with Gasteiger partial charge in [0.15, 0.2) is 11.2 Å². The number of ether oxygens (including phenoxy) is 1. The lowest BCUT2D eigenvalue weighted by Crippen LogP contribution is -2.34. The molecule has 4 atom stereocenters. The van der Waals surface area contributed by atoms with Crippen LogP contribution in [0.4, 0.5) is 5.95 Å². The molecule has 34 heavy (non-hydrogen) atoms. The van der Waals surface area contributed by atoms with Crippen LogP contribution in [0.2, 0.25) is 0 Å². The molecule has 182 valence electrons. The standard InChI is InChI=1S/C21H27N6O6P/c1-13(20(29)31-2)26-34(30,33-16-6-4-3-5-7-16)32-11-14-8-9-15(10-14)27-12-23-17-18(27)24-21(22)25-19(17)28/h3-7,12-15H,8-11H2,1-2H3,(H,26,30)(H3,22,24,25,28). The Morgan fingerprint density at radius 3 is 2.85 bits per heavy atom. The summed E-state index contributed by atoms with van der Waals surface area (Å²) in [5.74, 6) is -0.153. The number of anilines is 1. The molecule has 0 spiro atoms. The van der Waals surface area contributed by atoms with Gasteiger partial charge in [0.25, 0.3) is 5.56 Å². The second-order valence-corrected chi connectivity index (χ2v) is 9.87. The number of rotatable bonds is 9. The summed E-state index contributed by atoms with van der Waals surface area (Å²) >= 11 is 0. The fraction of sp³-hybridized carbons (Fsp3) is 0.429. The molecule has 4 unspecified atom stereocenters. The van der Waals surface area contributed by atoms with E-state index in [1.807, 2.05) is 4.57 Å². The third-order valence-electron chi connectivity index (χ3n) is 5.71. The highest BCUT2D eigenvalue weighted by molar-refractivity contribution is 7.52. The minimum atomic E-state index is -3.89. The molecule has 2 heterocycles. The minimum Gasteiger partial charge on any atom is -0.468 e. The molecule has 12 nitrogen and oxygen atoms in total. The Morgan fingerprint density at radius 2 is 2.12 bits per heavy atom. The van der Waals surface area contributed by atoms with Crippen molar-refractivity contribution in [2.24, 2.45) is 5.92 Å². The van der Waals surface area contributed by atoms with Crippen LogP contribution in [0.25, 0.3) is 11.2 Å². The largest absolute Gasteiger partial charge is 0.468 e. The Balaban J connectivity index is 1.45. The van der Waals surface area contributed by atoms with Crippen LogP contribution in [0.15, 0.2) is 41.5 Å². The number of nitrogens with one attached hydrogen (secondary N) is 2. The summed E-state index contributed by atoms with van der Waals surface area (Å²) in [7, 11) is -2.64. The molecule has 0 amide bonds. The van der Waals surface area contributed by atoms with E-state index in [9.17, 15) is 14.2 Å². The summed E-state index contributed by atoms with van der Waals surface area (Å²) < 4.78 is 31.5. The molecular weight excluding hydrogens is 463 g/mol. The fourth-order valence-electron chi connectivity index (χ4n) is 4.04. The van der Waals surface area contributed by atoms with Crippen LogP contribution < -0.4 is 20.9 Å². The van der Waals surface area contributed by atoms with Crippen LogP contribution >= 0.6 is 7.75 Å². The highest BCUT2D eigenvalue weighted by Crippen LogP contribution is 2.47. The Kier molecular flexibility index (Phi) is 7.01. The normalized spacial score (nSPS) is 20.6. The Bertz CT molecular complexity index is 1260. The lowest BCUT2D eigenvalue weighted by atomic mass is 10.1. The molecule has 3 aromatic rings. The van der Waals surface area contributed by atoms with Gasteiger partial charge in [0.1, 0.15) is 11.8 Å². The van der Waals surface area contributed by atoms with Gasteiger partial charge in [-0.15, -0.1) is 0 Å². The zero-order valence-corrected chi connectivity index (χ0v) is 19.7. The molecule has 0 saturated heterocycles. The summed E-state index contributed by atoms with van der Waals surface area (Å²) in [5.41, 5.74) is 5.97. The smallest absolute Gasteiger partial charge is 0.459 e. The highest BCUT2D eigenvalue weighted by atomic mass is 31.2. The third-order valence-corrected chi connectivity index (χ3v) is 7.36. The first-order valence-electron chi connectivity index (χ1n) is 10.8. The Labute approximate surface area is 195 Å². The Morgan fingerprint density at radius 1 is 1.35 bits per heavy atom. The van der Waals surface area contributed by atoms with Crippen molar-refractivity contribution < 1.29 is 23.1 Å². The van der Waals surface area contributed by atoms with Crippen molar-refractivity contribution in [2.45, 2.75) is 38.3 Å². The number of aromatic nitrogens is 4.